The maximum absolute atomic E-state index is 5.70. The summed E-state index contributed by atoms with van der Waals surface area (Å²) in [5.74, 6) is 1.67. The molecule has 0 radical (unpaired) electrons. The topological polar surface area (TPSA) is 50.3 Å². The molecular weight excluding hydrogens is 226 g/mol. The molecule has 1 aromatic heterocycles. The maximum atomic E-state index is 5.70. The van der Waals surface area contributed by atoms with E-state index < -0.39 is 0 Å². The molecule has 0 spiro atoms. The first kappa shape index (κ1) is 13.4. The zero-order chi connectivity index (χ0) is 13.0. The number of hydrogen-bond acceptors (Lipinski definition) is 4. The molecule has 1 aliphatic heterocycles. The van der Waals surface area contributed by atoms with Crippen molar-refractivity contribution in [3.8, 4) is 0 Å². The number of anilines is 1. The Morgan fingerprint density at radius 2 is 2.17 bits per heavy atom. The molecule has 0 aliphatic carbocycles. The number of aromatic nitrogens is 2. The van der Waals surface area contributed by atoms with E-state index in [4.69, 9.17) is 5.73 Å². The molecule has 1 unspecified atom stereocenters. The highest BCUT2D eigenvalue weighted by Gasteiger charge is 2.18. The number of imidazole rings is 1. The van der Waals surface area contributed by atoms with Crippen LogP contribution in [0, 0.1) is 5.92 Å². The Bertz CT molecular complexity index is 362. The molecule has 0 saturated carbocycles. The van der Waals surface area contributed by atoms with Gasteiger partial charge in [0.2, 0.25) is 5.95 Å². The fourth-order valence-corrected chi connectivity index (χ4v) is 2.53. The third kappa shape index (κ3) is 3.23. The molecule has 1 atom stereocenters. The highest BCUT2D eigenvalue weighted by molar-refractivity contribution is 5.31. The van der Waals surface area contributed by atoms with Crippen LogP contribution >= 0.6 is 0 Å². The molecule has 1 fully saturated rings. The van der Waals surface area contributed by atoms with E-state index in [2.05, 4.69) is 33.3 Å². The third-order valence-corrected chi connectivity index (χ3v) is 3.64. The summed E-state index contributed by atoms with van der Waals surface area (Å²) in [6.45, 7) is 8.55. The normalized spacial score (nSPS) is 19.8. The quantitative estimate of drug-likeness (QED) is 0.848. The maximum Gasteiger partial charge on any atom is 0.205 e. The Morgan fingerprint density at radius 1 is 1.33 bits per heavy atom. The first-order chi connectivity index (χ1) is 8.70. The van der Waals surface area contributed by atoms with Crippen molar-refractivity contribution < 1.29 is 0 Å². The lowest BCUT2D eigenvalue weighted by Crippen LogP contribution is -2.35. The van der Waals surface area contributed by atoms with Crippen LogP contribution in [-0.4, -0.2) is 53.7 Å². The molecule has 1 aromatic rings. The summed E-state index contributed by atoms with van der Waals surface area (Å²) in [7, 11) is 2.06. The second kappa shape index (κ2) is 6.20. The average molecular weight is 251 g/mol. The smallest absolute Gasteiger partial charge is 0.205 e. The van der Waals surface area contributed by atoms with Crippen LogP contribution in [0.3, 0.4) is 0 Å². The first-order valence-electron chi connectivity index (χ1n) is 6.85. The van der Waals surface area contributed by atoms with Gasteiger partial charge in [0.25, 0.3) is 0 Å². The lowest BCUT2D eigenvalue weighted by Gasteiger charge is -2.24. The molecule has 1 aliphatic rings. The van der Waals surface area contributed by atoms with Crippen molar-refractivity contribution in [3.05, 3.63) is 12.4 Å². The van der Waals surface area contributed by atoms with Gasteiger partial charge >= 0.3 is 0 Å². The van der Waals surface area contributed by atoms with E-state index in [0.29, 0.717) is 5.92 Å². The van der Waals surface area contributed by atoms with E-state index in [9.17, 15) is 0 Å². The van der Waals surface area contributed by atoms with Gasteiger partial charge in [0.1, 0.15) is 0 Å². The summed E-state index contributed by atoms with van der Waals surface area (Å²) in [6.07, 6.45) is 5.08. The van der Waals surface area contributed by atoms with Gasteiger partial charge in [-0.3, -0.25) is 0 Å². The van der Waals surface area contributed by atoms with Gasteiger partial charge in [-0.05, 0) is 25.4 Å². The number of hydrogen-bond donors (Lipinski definition) is 1. The molecule has 2 N–H and O–H groups in total. The lowest BCUT2D eigenvalue weighted by molar-refractivity contribution is 0.255. The molecule has 5 nitrogen and oxygen atoms in total. The van der Waals surface area contributed by atoms with Gasteiger partial charge in [0, 0.05) is 45.6 Å². The summed E-state index contributed by atoms with van der Waals surface area (Å²) >= 11 is 0. The van der Waals surface area contributed by atoms with Crippen molar-refractivity contribution in [2.45, 2.75) is 13.3 Å². The SMILES string of the molecule is CC(CN)CN1CCCN(c2nccn2C)CC1. The summed E-state index contributed by atoms with van der Waals surface area (Å²) in [5.41, 5.74) is 5.70. The Labute approximate surface area is 110 Å². The van der Waals surface area contributed by atoms with Crippen LogP contribution in [0.2, 0.25) is 0 Å². The molecule has 1 saturated heterocycles. The van der Waals surface area contributed by atoms with Gasteiger partial charge in [-0.15, -0.1) is 0 Å². The number of nitrogens with zero attached hydrogens (tertiary/aromatic N) is 4. The standard InChI is InChI=1S/C13H25N5/c1-12(10-14)11-17-5-3-6-18(9-8-17)13-15-4-7-16(13)2/h4,7,12H,3,5-6,8-11,14H2,1-2H3. The predicted molar refractivity (Wildman–Crippen MR) is 74.7 cm³/mol. The van der Waals surface area contributed by atoms with Crippen molar-refractivity contribution in [1.82, 2.24) is 14.5 Å². The Morgan fingerprint density at radius 3 is 2.83 bits per heavy atom. The molecule has 18 heavy (non-hydrogen) atoms. The van der Waals surface area contributed by atoms with Crippen LogP contribution in [0.4, 0.5) is 5.95 Å². The predicted octanol–water partition coefficient (Wildman–Crippen LogP) is 0.527. The van der Waals surface area contributed by atoms with Crippen molar-refractivity contribution >= 4 is 5.95 Å². The van der Waals surface area contributed by atoms with Crippen LogP contribution < -0.4 is 10.6 Å². The molecule has 2 heterocycles. The Hall–Kier alpha value is -1.07. The highest BCUT2D eigenvalue weighted by atomic mass is 15.3. The van der Waals surface area contributed by atoms with Crippen molar-refractivity contribution in [1.29, 1.82) is 0 Å². The molecule has 0 amide bonds. The van der Waals surface area contributed by atoms with Gasteiger partial charge in [0.05, 0.1) is 0 Å². The fourth-order valence-electron chi connectivity index (χ4n) is 2.53. The van der Waals surface area contributed by atoms with Gasteiger partial charge in [-0.1, -0.05) is 6.92 Å². The minimum absolute atomic E-state index is 0.588. The molecule has 2 rings (SSSR count). The van der Waals surface area contributed by atoms with Crippen LogP contribution in [0.25, 0.3) is 0 Å². The van der Waals surface area contributed by atoms with Gasteiger partial charge in [0.15, 0.2) is 0 Å². The van der Waals surface area contributed by atoms with Gasteiger partial charge < -0.3 is 20.1 Å². The first-order valence-corrected chi connectivity index (χ1v) is 6.85. The van der Waals surface area contributed by atoms with E-state index in [1.807, 2.05) is 12.4 Å². The van der Waals surface area contributed by atoms with E-state index >= 15 is 0 Å². The number of aryl methyl sites for hydroxylation is 1. The molecule has 5 heteroatoms. The summed E-state index contributed by atoms with van der Waals surface area (Å²) in [6, 6.07) is 0. The van der Waals surface area contributed by atoms with E-state index in [1.54, 1.807) is 0 Å². The average Bonchev–Trinajstić information content (AvgIpc) is 2.66. The monoisotopic (exact) mass is 251 g/mol. The third-order valence-electron chi connectivity index (χ3n) is 3.64. The lowest BCUT2D eigenvalue weighted by atomic mass is 10.1. The van der Waals surface area contributed by atoms with Gasteiger partial charge in [-0.2, -0.15) is 0 Å². The fraction of sp³-hybridized carbons (Fsp3) is 0.769. The van der Waals surface area contributed by atoms with Crippen LogP contribution in [0.15, 0.2) is 12.4 Å². The van der Waals surface area contributed by atoms with Crippen LogP contribution in [0.1, 0.15) is 13.3 Å². The van der Waals surface area contributed by atoms with E-state index in [-0.39, 0.29) is 0 Å². The molecular formula is C13H25N5. The summed E-state index contributed by atoms with van der Waals surface area (Å²) < 4.78 is 2.10. The number of nitrogens with two attached hydrogens (primary N) is 1. The summed E-state index contributed by atoms with van der Waals surface area (Å²) in [5, 5.41) is 0. The number of rotatable bonds is 4. The molecule has 0 aromatic carbocycles. The van der Waals surface area contributed by atoms with E-state index in [1.165, 1.54) is 13.0 Å². The van der Waals surface area contributed by atoms with Crippen molar-refractivity contribution in [3.63, 3.8) is 0 Å². The van der Waals surface area contributed by atoms with Gasteiger partial charge in [-0.25, -0.2) is 4.98 Å². The van der Waals surface area contributed by atoms with Crippen molar-refractivity contribution in [2.24, 2.45) is 18.7 Å². The summed E-state index contributed by atoms with van der Waals surface area (Å²) in [4.78, 5) is 9.34. The van der Waals surface area contributed by atoms with E-state index in [0.717, 1.165) is 38.7 Å². The Balaban J connectivity index is 1.90. The van der Waals surface area contributed by atoms with Crippen LogP contribution in [-0.2, 0) is 7.05 Å². The second-order valence-corrected chi connectivity index (χ2v) is 5.32. The Kier molecular flexibility index (Phi) is 4.60. The second-order valence-electron chi connectivity index (χ2n) is 5.32. The minimum Gasteiger partial charge on any atom is -0.341 e. The molecule has 0 bridgehead atoms. The highest BCUT2D eigenvalue weighted by Crippen LogP contribution is 2.13. The zero-order valence-corrected chi connectivity index (χ0v) is 11.5. The minimum atomic E-state index is 0.588. The van der Waals surface area contributed by atoms with Crippen LogP contribution in [0.5, 0.6) is 0 Å². The zero-order valence-electron chi connectivity index (χ0n) is 11.5. The van der Waals surface area contributed by atoms with Crippen molar-refractivity contribution in [2.75, 3.05) is 44.2 Å². The molecule has 102 valence electrons. The largest absolute Gasteiger partial charge is 0.341 e.